The molecule has 3 nitrogen and oxygen atoms in total. The molecule has 2 aromatic rings. The molecule has 0 fully saturated rings. The molecule has 1 aromatic heterocycles. The normalized spacial score (nSPS) is 11.0. The van der Waals surface area contributed by atoms with E-state index in [0.717, 1.165) is 26.9 Å². The van der Waals surface area contributed by atoms with Crippen LogP contribution in [0, 0.1) is 6.92 Å². The van der Waals surface area contributed by atoms with Crippen LogP contribution in [0.5, 0.6) is 11.6 Å². The Balaban J connectivity index is 2.19. The fourth-order valence-corrected chi connectivity index (χ4v) is 2.98. The lowest BCUT2D eigenvalue weighted by Gasteiger charge is -2.12. The van der Waals surface area contributed by atoms with Gasteiger partial charge in [-0.3, -0.25) is 0 Å². The summed E-state index contributed by atoms with van der Waals surface area (Å²) in [5.41, 5.74) is 2.11. The number of ether oxygens (including phenoxy) is 1. The molecule has 112 valence electrons. The van der Waals surface area contributed by atoms with Gasteiger partial charge in [0.2, 0.25) is 5.88 Å². The summed E-state index contributed by atoms with van der Waals surface area (Å²) < 4.78 is 7.78. The van der Waals surface area contributed by atoms with Crippen molar-refractivity contribution in [2.24, 2.45) is 0 Å². The third-order valence-electron chi connectivity index (χ3n) is 2.81. The van der Waals surface area contributed by atoms with Crippen molar-refractivity contribution in [1.29, 1.82) is 0 Å². The first kappa shape index (κ1) is 16.5. The number of halogens is 2. The first-order chi connectivity index (χ1) is 9.94. The number of hydrogen-bond donors (Lipinski definition) is 1. The van der Waals surface area contributed by atoms with Gasteiger partial charge in [-0.2, -0.15) is 0 Å². The Hall–Kier alpha value is -0.910. The zero-order valence-corrected chi connectivity index (χ0v) is 15.5. The van der Waals surface area contributed by atoms with Crippen LogP contribution in [0.2, 0.25) is 0 Å². The number of nitrogens with one attached hydrogen (secondary N) is 1. The minimum atomic E-state index is 0.448. The summed E-state index contributed by atoms with van der Waals surface area (Å²) in [4.78, 5) is 4.44. The average Bonchev–Trinajstić information content (AvgIpc) is 2.39. The molecule has 5 heteroatoms. The van der Waals surface area contributed by atoms with Crippen LogP contribution >= 0.6 is 31.9 Å². The predicted octanol–water partition coefficient (Wildman–Crippen LogP) is 5.21. The number of hydrogen-bond acceptors (Lipinski definition) is 3. The largest absolute Gasteiger partial charge is 0.438 e. The van der Waals surface area contributed by atoms with Gasteiger partial charge in [-0.1, -0.05) is 29.8 Å². The smallest absolute Gasteiger partial charge is 0.219 e. The van der Waals surface area contributed by atoms with E-state index in [0.29, 0.717) is 11.9 Å². The summed E-state index contributed by atoms with van der Waals surface area (Å²) in [6, 6.07) is 10.3. The molecule has 0 spiro atoms. The van der Waals surface area contributed by atoms with Crippen molar-refractivity contribution in [3.8, 4) is 11.6 Å². The lowest BCUT2D eigenvalue weighted by atomic mass is 10.2. The van der Waals surface area contributed by atoms with E-state index in [1.807, 2.05) is 31.2 Å². The fourth-order valence-electron chi connectivity index (χ4n) is 1.85. The molecule has 0 aliphatic carbocycles. The molecule has 2 rings (SSSR count). The third-order valence-corrected chi connectivity index (χ3v) is 3.93. The standard InChI is InChI=1S/C16H18Br2N2O/c1-10(2)19-9-12-6-11(3)20-16(7-12)21-15-5-4-13(17)8-14(15)18/h4-8,10,19H,9H2,1-3H3. The highest BCUT2D eigenvalue weighted by atomic mass is 79.9. The van der Waals surface area contributed by atoms with E-state index in [1.54, 1.807) is 0 Å². The molecule has 0 saturated heterocycles. The second kappa shape index (κ2) is 7.38. The molecule has 0 aliphatic heterocycles. The monoisotopic (exact) mass is 412 g/mol. The van der Waals surface area contributed by atoms with Crippen LogP contribution in [0.4, 0.5) is 0 Å². The Morgan fingerprint density at radius 1 is 1.19 bits per heavy atom. The molecular weight excluding hydrogens is 396 g/mol. The summed E-state index contributed by atoms with van der Waals surface area (Å²) in [7, 11) is 0. The zero-order chi connectivity index (χ0) is 15.4. The number of nitrogens with zero attached hydrogens (tertiary/aromatic N) is 1. The number of aryl methyl sites for hydroxylation is 1. The molecule has 0 unspecified atom stereocenters. The van der Waals surface area contributed by atoms with Gasteiger partial charge < -0.3 is 10.1 Å². The van der Waals surface area contributed by atoms with Crippen LogP contribution in [0.3, 0.4) is 0 Å². The molecular formula is C16H18Br2N2O. The summed E-state index contributed by atoms with van der Waals surface area (Å²) in [6.45, 7) is 7.04. The Labute approximate surface area is 142 Å². The molecule has 0 amide bonds. The van der Waals surface area contributed by atoms with E-state index in [2.05, 4.69) is 62.1 Å². The number of aromatic nitrogens is 1. The lowest BCUT2D eigenvalue weighted by Crippen LogP contribution is -2.21. The van der Waals surface area contributed by atoms with Gasteiger partial charge in [0.25, 0.3) is 0 Å². The second-order valence-corrected chi connectivity index (χ2v) is 6.94. The van der Waals surface area contributed by atoms with Gasteiger partial charge in [0.05, 0.1) is 4.47 Å². The van der Waals surface area contributed by atoms with Gasteiger partial charge in [0.15, 0.2) is 0 Å². The van der Waals surface area contributed by atoms with Crippen molar-refractivity contribution >= 4 is 31.9 Å². The van der Waals surface area contributed by atoms with Crippen molar-refractivity contribution in [3.63, 3.8) is 0 Å². The Morgan fingerprint density at radius 3 is 2.62 bits per heavy atom. The highest BCUT2D eigenvalue weighted by molar-refractivity contribution is 9.11. The van der Waals surface area contributed by atoms with Gasteiger partial charge in [-0.05, 0) is 52.7 Å². The van der Waals surface area contributed by atoms with Crippen molar-refractivity contribution in [2.75, 3.05) is 0 Å². The number of benzene rings is 1. The van der Waals surface area contributed by atoms with Crippen LogP contribution < -0.4 is 10.1 Å². The van der Waals surface area contributed by atoms with Crippen molar-refractivity contribution < 1.29 is 4.74 Å². The SMILES string of the molecule is Cc1cc(CNC(C)C)cc(Oc2ccc(Br)cc2Br)n1. The van der Waals surface area contributed by atoms with E-state index in [-0.39, 0.29) is 0 Å². The van der Waals surface area contributed by atoms with Gasteiger partial charge in [-0.25, -0.2) is 4.98 Å². The Kier molecular flexibility index (Phi) is 5.79. The fraction of sp³-hybridized carbons (Fsp3) is 0.312. The number of pyridine rings is 1. The molecule has 0 bridgehead atoms. The van der Waals surface area contributed by atoms with E-state index in [4.69, 9.17) is 4.74 Å². The molecule has 1 heterocycles. The average molecular weight is 414 g/mol. The van der Waals surface area contributed by atoms with Crippen LogP contribution in [0.15, 0.2) is 39.3 Å². The van der Waals surface area contributed by atoms with Crippen molar-refractivity contribution in [2.45, 2.75) is 33.4 Å². The maximum absolute atomic E-state index is 5.89. The predicted molar refractivity (Wildman–Crippen MR) is 92.9 cm³/mol. The molecule has 1 N–H and O–H groups in total. The highest BCUT2D eigenvalue weighted by Crippen LogP contribution is 2.31. The Bertz CT molecular complexity index is 630. The first-order valence-electron chi connectivity index (χ1n) is 6.78. The van der Waals surface area contributed by atoms with Gasteiger partial charge >= 0.3 is 0 Å². The zero-order valence-electron chi connectivity index (χ0n) is 12.3. The maximum Gasteiger partial charge on any atom is 0.219 e. The van der Waals surface area contributed by atoms with Crippen molar-refractivity contribution in [1.82, 2.24) is 10.3 Å². The maximum atomic E-state index is 5.89. The summed E-state index contributed by atoms with van der Waals surface area (Å²) in [5.74, 6) is 1.36. The highest BCUT2D eigenvalue weighted by Gasteiger charge is 2.07. The van der Waals surface area contributed by atoms with Crippen LogP contribution in [0.1, 0.15) is 25.1 Å². The first-order valence-corrected chi connectivity index (χ1v) is 8.36. The second-order valence-electron chi connectivity index (χ2n) is 5.17. The van der Waals surface area contributed by atoms with Crippen LogP contribution in [-0.2, 0) is 6.54 Å². The van der Waals surface area contributed by atoms with Crippen molar-refractivity contribution in [3.05, 3.63) is 50.5 Å². The van der Waals surface area contributed by atoms with Crippen LogP contribution in [0.25, 0.3) is 0 Å². The molecule has 0 radical (unpaired) electrons. The van der Waals surface area contributed by atoms with Gasteiger partial charge in [0, 0.05) is 28.8 Å². The van der Waals surface area contributed by atoms with E-state index in [9.17, 15) is 0 Å². The summed E-state index contributed by atoms with van der Waals surface area (Å²) in [5, 5.41) is 3.40. The molecule has 1 aromatic carbocycles. The minimum Gasteiger partial charge on any atom is -0.438 e. The van der Waals surface area contributed by atoms with E-state index >= 15 is 0 Å². The topological polar surface area (TPSA) is 34.1 Å². The summed E-state index contributed by atoms with van der Waals surface area (Å²) >= 11 is 6.93. The lowest BCUT2D eigenvalue weighted by molar-refractivity contribution is 0.457. The van der Waals surface area contributed by atoms with Gasteiger partial charge in [-0.15, -0.1) is 0 Å². The third kappa shape index (κ3) is 5.09. The van der Waals surface area contributed by atoms with E-state index < -0.39 is 0 Å². The molecule has 21 heavy (non-hydrogen) atoms. The van der Waals surface area contributed by atoms with E-state index in [1.165, 1.54) is 5.56 Å². The van der Waals surface area contributed by atoms with Gasteiger partial charge in [0.1, 0.15) is 5.75 Å². The molecule has 0 atom stereocenters. The molecule has 0 saturated carbocycles. The number of rotatable bonds is 5. The quantitative estimate of drug-likeness (QED) is 0.730. The van der Waals surface area contributed by atoms with Crippen LogP contribution in [-0.4, -0.2) is 11.0 Å². The Morgan fingerprint density at radius 2 is 1.95 bits per heavy atom. The minimum absolute atomic E-state index is 0.448. The molecule has 0 aliphatic rings. The summed E-state index contributed by atoms with van der Waals surface area (Å²) in [6.07, 6.45) is 0.